The Morgan fingerprint density at radius 3 is 2.90 bits per heavy atom. The third kappa shape index (κ3) is 1.53. The Balaban J connectivity index is 2.56. The molecule has 0 fully saturated rings. The van der Waals surface area contributed by atoms with E-state index >= 15 is 0 Å². The molecule has 0 radical (unpaired) electrons. The van der Waals surface area contributed by atoms with Crippen LogP contribution in [0.15, 0.2) is 11.8 Å². The highest BCUT2D eigenvalue weighted by atomic mass is 15.1. The molecule has 0 aromatic carbocycles. The van der Waals surface area contributed by atoms with Gasteiger partial charge in [-0.3, -0.25) is 0 Å². The van der Waals surface area contributed by atoms with Crippen LogP contribution in [0.25, 0.3) is 0 Å². The van der Waals surface area contributed by atoms with E-state index in [1.165, 1.54) is 18.7 Å². The molecule has 0 aromatic rings. The summed E-state index contributed by atoms with van der Waals surface area (Å²) in [7, 11) is 0. The zero-order chi connectivity index (χ0) is 7.56. The molecule has 0 saturated carbocycles. The molecule has 0 saturated heterocycles. The standard InChI is InChI=1S/C9H17N/c1-4-10-7-8(2)5-6-9(10)3/h6,8H,4-5,7H2,1-3H3. The van der Waals surface area contributed by atoms with E-state index in [0.717, 1.165) is 12.5 Å². The van der Waals surface area contributed by atoms with Gasteiger partial charge in [0.2, 0.25) is 0 Å². The lowest BCUT2D eigenvalue weighted by Crippen LogP contribution is -2.29. The molecule has 1 atom stereocenters. The van der Waals surface area contributed by atoms with Crippen molar-refractivity contribution in [1.82, 2.24) is 4.90 Å². The van der Waals surface area contributed by atoms with Gasteiger partial charge < -0.3 is 4.90 Å². The van der Waals surface area contributed by atoms with Crippen molar-refractivity contribution in [3.05, 3.63) is 11.8 Å². The first kappa shape index (κ1) is 7.64. The van der Waals surface area contributed by atoms with Gasteiger partial charge in [-0.15, -0.1) is 0 Å². The van der Waals surface area contributed by atoms with Gasteiger partial charge in [0.1, 0.15) is 0 Å². The first-order chi connectivity index (χ1) is 4.74. The van der Waals surface area contributed by atoms with Gasteiger partial charge in [-0.1, -0.05) is 13.0 Å². The van der Waals surface area contributed by atoms with Crippen molar-refractivity contribution in [1.29, 1.82) is 0 Å². The zero-order valence-corrected chi connectivity index (χ0v) is 7.22. The lowest BCUT2D eigenvalue weighted by atomic mass is 10.0. The van der Waals surface area contributed by atoms with Crippen LogP contribution in [0.3, 0.4) is 0 Å². The van der Waals surface area contributed by atoms with E-state index in [0.29, 0.717) is 0 Å². The lowest BCUT2D eigenvalue weighted by molar-refractivity contribution is 0.287. The topological polar surface area (TPSA) is 3.24 Å². The third-order valence-electron chi connectivity index (χ3n) is 2.23. The van der Waals surface area contributed by atoms with E-state index < -0.39 is 0 Å². The van der Waals surface area contributed by atoms with Gasteiger partial charge in [0.05, 0.1) is 0 Å². The number of hydrogen-bond acceptors (Lipinski definition) is 1. The quantitative estimate of drug-likeness (QED) is 0.538. The Morgan fingerprint density at radius 2 is 2.40 bits per heavy atom. The fraction of sp³-hybridized carbons (Fsp3) is 0.778. The highest BCUT2D eigenvalue weighted by molar-refractivity contribution is 5.02. The summed E-state index contributed by atoms with van der Waals surface area (Å²) in [6.07, 6.45) is 3.61. The zero-order valence-electron chi connectivity index (χ0n) is 7.22. The smallest absolute Gasteiger partial charge is 0.0203 e. The molecule has 1 heteroatoms. The number of rotatable bonds is 1. The molecule has 0 bridgehead atoms. The molecule has 10 heavy (non-hydrogen) atoms. The lowest BCUT2D eigenvalue weighted by Gasteiger charge is -2.31. The van der Waals surface area contributed by atoms with Gasteiger partial charge in [-0.05, 0) is 26.2 Å². The van der Waals surface area contributed by atoms with Crippen molar-refractivity contribution >= 4 is 0 Å². The fourth-order valence-electron chi connectivity index (χ4n) is 1.47. The molecule has 1 nitrogen and oxygen atoms in total. The molecule has 0 N–H and O–H groups in total. The van der Waals surface area contributed by atoms with Crippen LogP contribution in [-0.2, 0) is 0 Å². The molecule has 1 aliphatic heterocycles. The summed E-state index contributed by atoms with van der Waals surface area (Å²) in [5, 5.41) is 0. The molecule has 1 rings (SSSR count). The Hall–Kier alpha value is -0.460. The van der Waals surface area contributed by atoms with Gasteiger partial charge in [-0.25, -0.2) is 0 Å². The number of hydrogen-bond donors (Lipinski definition) is 0. The monoisotopic (exact) mass is 139 g/mol. The van der Waals surface area contributed by atoms with E-state index in [-0.39, 0.29) is 0 Å². The molecule has 1 heterocycles. The summed E-state index contributed by atoms with van der Waals surface area (Å²) >= 11 is 0. The first-order valence-corrected chi connectivity index (χ1v) is 4.15. The minimum Gasteiger partial charge on any atom is -0.375 e. The minimum atomic E-state index is 0.851. The Kier molecular flexibility index (Phi) is 2.36. The van der Waals surface area contributed by atoms with Crippen LogP contribution >= 0.6 is 0 Å². The first-order valence-electron chi connectivity index (χ1n) is 4.15. The van der Waals surface area contributed by atoms with Crippen LogP contribution in [0.5, 0.6) is 0 Å². The van der Waals surface area contributed by atoms with Crippen molar-refractivity contribution in [2.75, 3.05) is 13.1 Å². The average molecular weight is 139 g/mol. The highest BCUT2D eigenvalue weighted by Gasteiger charge is 2.12. The Morgan fingerprint density at radius 1 is 1.70 bits per heavy atom. The molecule has 58 valence electrons. The Bertz CT molecular complexity index is 138. The maximum Gasteiger partial charge on any atom is 0.0203 e. The number of allylic oxidation sites excluding steroid dienone is 2. The Labute approximate surface area is 63.7 Å². The van der Waals surface area contributed by atoms with E-state index in [2.05, 4.69) is 31.7 Å². The van der Waals surface area contributed by atoms with E-state index in [9.17, 15) is 0 Å². The molecule has 0 amide bonds. The third-order valence-corrected chi connectivity index (χ3v) is 2.23. The normalized spacial score (nSPS) is 26.5. The second kappa shape index (κ2) is 3.09. The van der Waals surface area contributed by atoms with Gasteiger partial charge in [0, 0.05) is 18.8 Å². The minimum absolute atomic E-state index is 0.851. The summed E-state index contributed by atoms with van der Waals surface area (Å²) in [5.74, 6) is 0.851. The van der Waals surface area contributed by atoms with Crippen molar-refractivity contribution in [3.8, 4) is 0 Å². The highest BCUT2D eigenvalue weighted by Crippen LogP contribution is 2.17. The van der Waals surface area contributed by atoms with Gasteiger partial charge in [0.15, 0.2) is 0 Å². The summed E-state index contributed by atoms with van der Waals surface area (Å²) in [6.45, 7) is 9.14. The van der Waals surface area contributed by atoms with Crippen molar-refractivity contribution in [2.45, 2.75) is 27.2 Å². The molecule has 1 unspecified atom stereocenters. The molecular weight excluding hydrogens is 122 g/mol. The van der Waals surface area contributed by atoms with E-state index in [1.54, 1.807) is 0 Å². The summed E-state index contributed by atoms with van der Waals surface area (Å²) in [6, 6.07) is 0. The van der Waals surface area contributed by atoms with Gasteiger partial charge in [-0.2, -0.15) is 0 Å². The summed E-state index contributed by atoms with van der Waals surface area (Å²) in [5.41, 5.74) is 1.46. The summed E-state index contributed by atoms with van der Waals surface area (Å²) in [4.78, 5) is 2.44. The predicted octanol–water partition coefficient (Wildman–Crippen LogP) is 2.25. The number of nitrogens with zero attached hydrogens (tertiary/aromatic N) is 1. The van der Waals surface area contributed by atoms with Crippen molar-refractivity contribution in [2.24, 2.45) is 5.92 Å². The average Bonchev–Trinajstić information content (AvgIpc) is 1.94. The second-order valence-electron chi connectivity index (χ2n) is 3.23. The molecule has 0 aliphatic carbocycles. The van der Waals surface area contributed by atoms with Crippen LogP contribution in [0.2, 0.25) is 0 Å². The largest absolute Gasteiger partial charge is 0.375 e. The predicted molar refractivity (Wildman–Crippen MR) is 44.8 cm³/mol. The van der Waals surface area contributed by atoms with Crippen molar-refractivity contribution < 1.29 is 0 Å². The van der Waals surface area contributed by atoms with Crippen LogP contribution in [-0.4, -0.2) is 18.0 Å². The summed E-state index contributed by atoms with van der Waals surface area (Å²) < 4.78 is 0. The van der Waals surface area contributed by atoms with Crippen LogP contribution in [0.1, 0.15) is 27.2 Å². The van der Waals surface area contributed by atoms with Crippen LogP contribution < -0.4 is 0 Å². The van der Waals surface area contributed by atoms with Gasteiger partial charge >= 0.3 is 0 Å². The molecular formula is C9H17N. The van der Waals surface area contributed by atoms with E-state index in [1.807, 2.05) is 0 Å². The van der Waals surface area contributed by atoms with Crippen LogP contribution in [0.4, 0.5) is 0 Å². The second-order valence-corrected chi connectivity index (χ2v) is 3.23. The molecule has 1 aliphatic rings. The molecule has 0 aromatic heterocycles. The van der Waals surface area contributed by atoms with Crippen molar-refractivity contribution in [3.63, 3.8) is 0 Å². The van der Waals surface area contributed by atoms with E-state index in [4.69, 9.17) is 0 Å². The molecule has 0 spiro atoms. The SMILES string of the molecule is CCN1CC(C)CC=C1C. The maximum absolute atomic E-state index is 2.44. The fourth-order valence-corrected chi connectivity index (χ4v) is 1.47. The van der Waals surface area contributed by atoms with Gasteiger partial charge in [0.25, 0.3) is 0 Å². The van der Waals surface area contributed by atoms with Crippen LogP contribution in [0, 0.1) is 5.92 Å². The maximum atomic E-state index is 2.44.